The fourth-order valence-electron chi connectivity index (χ4n) is 3.75. The van der Waals surface area contributed by atoms with E-state index in [9.17, 15) is 23.1 Å². The number of sulfonamides is 1. The minimum atomic E-state index is -4.17. The molecule has 0 fully saturated rings. The van der Waals surface area contributed by atoms with Crippen molar-refractivity contribution in [2.75, 3.05) is 18.7 Å². The lowest BCUT2D eigenvalue weighted by atomic mass is 10.0. The molecule has 0 saturated carbocycles. The summed E-state index contributed by atoms with van der Waals surface area (Å²) in [7, 11) is -2.63. The number of hydrogen-bond donors (Lipinski definition) is 3. The summed E-state index contributed by atoms with van der Waals surface area (Å²) in [6.45, 7) is 1.70. The summed E-state index contributed by atoms with van der Waals surface area (Å²) in [6.07, 6.45) is 0.0475. The number of nitrogens with one attached hydrogen (secondary N) is 2. The second-order valence-electron chi connectivity index (χ2n) is 8.20. The number of fused-ring (bicyclic) bond motifs is 1. The van der Waals surface area contributed by atoms with Gasteiger partial charge in [-0.15, -0.1) is 0 Å². The minimum Gasteiger partial charge on any atom is -0.508 e. The average Bonchev–Trinajstić information content (AvgIpc) is 3.32. The normalized spacial score (nSPS) is 13.1. The number of carbonyl (C=O) groups is 2. The Labute approximate surface area is 208 Å². The number of aromatic hydroxyl groups is 1. The molecule has 0 unspecified atom stereocenters. The highest BCUT2D eigenvalue weighted by atomic mass is 32.2. The number of anilines is 1. The number of likely N-dealkylation sites (N-methyl/N-ethyl adjacent to an activating group) is 1. The maximum absolute atomic E-state index is 13.5. The van der Waals surface area contributed by atoms with E-state index in [1.807, 2.05) is 4.72 Å². The van der Waals surface area contributed by atoms with Crippen LogP contribution in [0.5, 0.6) is 17.2 Å². The van der Waals surface area contributed by atoms with Crippen LogP contribution in [0.2, 0.25) is 0 Å². The SMILES string of the molecule is Cc1ccccc1S(=O)(=O)NC(=O)N[C@@H](Cc1ccc(O)cc1)C(=O)N(C)c1ccc2c(c1)OCO2. The van der Waals surface area contributed by atoms with Crippen molar-refractivity contribution in [3.63, 3.8) is 0 Å². The van der Waals surface area contributed by atoms with Crippen LogP contribution in [-0.4, -0.2) is 45.3 Å². The topological polar surface area (TPSA) is 134 Å². The Morgan fingerprint density at radius 1 is 1.03 bits per heavy atom. The van der Waals surface area contributed by atoms with Gasteiger partial charge in [0.1, 0.15) is 11.8 Å². The number of urea groups is 1. The summed E-state index contributed by atoms with van der Waals surface area (Å²) in [4.78, 5) is 27.5. The van der Waals surface area contributed by atoms with Crippen molar-refractivity contribution in [3.8, 4) is 17.2 Å². The molecule has 36 heavy (non-hydrogen) atoms. The number of ether oxygens (including phenoxy) is 2. The Morgan fingerprint density at radius 2 is 1.72 bits per heavy atom. The van der Waals surface area contributed by atoms with Crippen molar-refractivity contribution in [1.29, 1.82) is 0 Å². The van der Waals surface area contributed by atoms with Crippen LogP contribution in [0, 0.1) is 6.92 Å². The van der Waals surface area contributed by atoms with Crippen molar-refractivity contribution in [2.24, 2.45) is 0 Å². The first kappa shape index (κ1) is 24.9. The summed E-state index contributed by atoms with van der Waals surface area (Å²) in [5, 5.41) is 12.1. The van der Waals surface area contributed by atoms with Crippen molar-refractivity contribution in [3.05, 3.63) is 77.9 Å². The van der Waals surface area contributed by atoms with E-state index in [2.05, 4.69) is 5.32 Å². The Kier molecular flexibility index (Phi) is 7.02. The van der Waals surface area contributed by atoms with Crippen LogP contribution in [0.25, 0.3) is 0 Å². The third kappa shape index (κ3) is 5.52. The summed E-state index contributed by atoms with van der Waals surface area (Å²) in [5.74, 6) is 0.593. The van der Waals surface area contributed by atoms with Gasteiger partial charge in [-0.1, -0.05) is 30.3 Å². The maximum Gasteiger partial charge on any atom is 0.329 e. The summed E-state index contributed by atoms with van der Waals surface area (Å²) >= 11 is 0. The second kappa shape index (κ2) is 10.2. The molecule has 0 saturated heterocycles. The highest BCUT2D eigenvalue weighted by Gasteiger charge is 2.28. The molecule has 0 radical (unpaired) electrons. The fourth-order valence-corrected chi connectivity index (χ4v) is 4.91. The largest absolute Gasteiger partial charge is 0.508 e. The standard InChI is InChI=1S/C25H25N3O7S/c1-16-5-3-4-6-23(16)36(32,33)27-25(31)26-20(13-17-7-10-19(29)11-8-17)24(30)28(2)18-9-12-21-22(14-18)35-15-34-21/h3-12,14,20,29H,13,15H2,1-2H3,(H2,26,27,31)/t20-/m0/s1. The fraction of sp³-hybridized carbons (Fsp3) is 0.200. The Bertz CT molecular complexity index is 1390. The number of carbonyl (C=O) groups excluding carboxylic acids is 2. The quantitative estimate of drug-likeness (QED) is 0.444. The summed E-state index contributed by atoms with van der Waals surface area (Å²) in [6, 6.07) is 15.2. The summed E-state index contributed by atoms with van der Waals surface area (Å²) in [5.41, 5.74) is 1.61. The van der Waals surface area contributed by atoms with Crippen LogP contribution in [0.3, 0.4) is 0 Å². The van der Waals surface area contributed by atoms with Crippen LogP contribution in [0.15, 0.2) is 71.6 Å². The van der Waals surface area contributed by atoms with Crippen molar-refractivity contribution in [1.82, 2.24) is 10.0 Å². The second-order valence-corrected chi connectivity index (χ2v) is 9.85. The highest BCUT2D eigenvalue weighted by molar-refractivity contribution is 7.90. The van der Waals surface area contributed by atoms with Crippen LogP contribution in [-0.2, 0) is 21.2 Å². The number of phenols is 1. The van der Waals surface area contributed by atoms with Crippen molar-refractivity contribution in [2.45, 2.75) is 24.3 Å². The molecule has 3 amide bonds. The van der Waals surface area contributed by atoms with Crippen LogP contribution in [0.1, 0.15) is 11.1 Å². The highest BCUT2D eigenvalue weighted by Crippen LogP contribution is 2.35. The molecule has 4 rings (SSSR count). The number of hydrogen-bond acceptors (Lipinski definition) is 7. The molecular weight excluding hydrogens is 486 g/mol. The lowest BCUT2D eigenvalue weighted by molar-refractivity contribution is -0.120. The van der Waals surface area contributed by atoms with Gasteiger partial charge in [-0.3, -0.25) is 4.79 Å². The molecule has 1 aliphatic heterocycles. The molecule has 11 heteroatoms. The molecule has 3 N–H and O–H groups in total. The van der Waals surface area contributed by atoms with Gasteiger partial charge >= 0.3 is 6.03 Å². The van der Waals surface area contributed by atoms with Gasteiger partial charge in [0, 0.05) is 25.2 Å². The van der Waals surface area contributed by atoms with E-state index >= 15 is 0 Å². The van der Waals surface area contributed by atoms with Gasteiger partial charge in [-0.05, 0) is 48.4 Å². The number of amides is 3. The first-order valence-electron chi connectivity index (χ1n) is 11.0. The van der Waals surface area contributed by atoms with Crippen molar-refractivity contribution < 1.29 is 32.6 Å². The van der Waals surface area contributed by atoms with Gasteiger partial charge < -0.3 is 24.8 Å². The monoisotopic (exact) mass is 511 g/mol. The molecule has 0 bridgehead atoms. The smallest absolute Gasteiger partial charge is 0.329 e. The molecule has 10 nitrogen and oxygen atoms in total. The van der Waals surface area contributed by atoms with Gasteiger partial charge in [-0.2, -0.15) is 0 Å². The molecule has 1 atom stereocenters. The van der Waals surface area contributed by atoms with Gasteiger partial charge in [0.25, 0.3) is 10.0 Å². The van der Waals surface area contributed by atoms with E-state index in [4.69, 9.17) is 9.47 Å². The van der Waals surface area contributed by atoms with Gasteiger partial charge in [0.2, 0.25) is 12.7 Å². The Balaban J connectivity index is 1.56. The van der Waals surface area contributed by atoms with Crippen LogP contribution < -0.4 is 24.4 Å². The number of benzene rings is 3. The molecule has 0 aliphatic carbocycles. The number of phenolic OH excluding ortho intramolecular Hbond substituents is 1. The van der Waals surface area contributed by atoms with Crippen LogP contribution in [0.4, 0.5) is 10.5 Å². The lowest BCUT2D eigenvalue weighted by Crippen LogP contribution is -2.52. The van der Waals surface area contributed by atoms with Gasteiger partial charge in [0.15, 0.2) is 11.5 Å². The molecule has 1 heterocycles. The zero-order valence-electron chi connectivity index (χ0n) is 19.6. The predicted molar refractivity (Wildman–Crippen MR) is 132 cm³/mol. The van der Waals surface area contributed by atoms with E-state index in [1.165, 1.54) is 30.1 Å². The third-order valence-electron chi connectivity index (χ3n) is 5.66. The molecule has 188 valence electrons. The van der Waals surface area contributed by atoms with E-state index in [0.717, 1.165) is 0 Å². The van der Waals surface area contributed by atoms with Crippen molar-refractivity contribution >= 4 is 27.6 Å². The molecule has 0 spiro atoms. The first-order valence-corrected chi connectivity index (χ1v) is 12.5. The van der Waals surface area contributed by atoms with E-state index in [1.54, 1.807) is 55.5 Å². The summed E-state index contributed by atoms with van der Waals surface area (Å²) < 4.78 is 38.2. The van der Waals surface area contributed by atoms with Gasteiger partial charge in [0.05, 0.1) is 4.90 Å². The molecular formula is C25H25N3O7S. The zero-order valence-corrected chi connectivity index (χ0v) is 20.4. The number of aryl methyl sites for hydroxylation is 1. The molecule has 3 aromatic rings. The number of rotatable bonds is 7. The Morgan fingerprint density at radius 3 is 2.44 bits per heavy atom. The van der Waals surface area contributed by atoms with E-state index in [0.29, 0.717) is 28.3 Å². The molecule has 0 aromatic heterocycles. The zero-order chi connectivity index (χ0) is 25.9. The maximum atomic E-state index is 13.5. The van der Waals surface area contributed by atoms with Crippen LogP contribution >= 0.6 is 0 Å². The first-order chi connectivity index (χ1) is 17.1. The van der Waals surface area contributed by atoms with E-state index in [-0.39, 0.29) is 23.9 Å². The number of nitrogens with zero attached hydrogens (tertiary/aromatic N) is 1. The third-order valence-corrected chi connectivity index (χ3v) is 7.16. The lowest BCUT2D eigenvalue weighted by Gasteiger charge is -2.25. The predicted octanol–water partition coefficient (Wildman–Crippen LogP) is 2.69. The minimum absolute atomic E-state index is 0.0426. The molecule has 3 aromatic carbocycles. The molecule has 1 aliphatic rings. The average molecular weight is 512 g/mol. The van der Waals surface area contributed by atoms with E-state index < -0.39 is 28.0 Å². The van der Waals surface area contributed by atoms with Gasteiger partial charge in [-0.25, -0.2) is 17.9 Å². The Hall–Kier alpha value is -4.25.